The summed E-state index contributed by atoms with van der Waals surface area (Å²) >= 11 is 0. The highest BCUT2D eigenvalue weighted by atomic mass is 16.4. The number of hydrogen-bond donors (Lipinski definition) is 1. The van der Waals surface area contributed by atoms with Crippen LogP contribution >= 0.6 is 0 Å². The molecule has 0 saturated carbocycles. The molecule has 4 nitrogen and oxygen atoms in total. The van der Waals surface area contributed by atoms with Crippen molar-refractivity contribution < 1.29 is 4.42 Å². The SMILES string of the molecule is Cc1nc2c(o1)C(N1CCNCC1)CC2. The zero-order chi connectivity index (χ0) is 10.3. The van der Waals surface area contributed by atoms with Gasteiger partial charge in [0.15, 0.2) is 5.89 Å². The molecule has 4 heteroatoms. The van der Waals surface area contributed by atoms with E-state index >= 15 is 0 Å². The molecule has 1 aliphatic heterocycles. The quantitative estimate of drug-likeness (QED) is 0.742. The number of piperazine rings is 1. The summed E-state index contributed by atoms with van der Waals surface area (Å²) in [5.74, 6) is 1.95. The van der Waals surface area contributed by atoms with Crippen LogP contribution in [0.1, 0.15) is 29.8 Å². The minimum atomic E-state index is 0.489. The van der Waals surface area contributed by atoms with Crippen LogP contribution in [-0.2, 0) is 6.42 Å². The summed E-state index contributed by atoms with van der Waals surface area (Å²) in [6, 6.07) is 0.489. The van der Waals surface area contributed by atoms with Gasteiger partial charge in [-0.05, 0) is 12.8 Å². The fourth-order valence-corrected chi connectivity index (χ4v) is 2.67. The third-order valence-corrected chi connectivity index (χ3v) is 3.38. The van der Waals surface area contributed by atoms with Gasteiger partial charge in [0, 0.05) is 33.1 Å². The summed E-state index contributed by atoms with van der Waals surface area (Å²) in [6.45, 7) is 6.39. The van der Waals surface area contributed by atoms with E-state index in [1.54, 1.807) is 0 Å². The van der Waals surface area contributed by atoms with Crippen molar-refractivity contribution in [1.82, 2.24) is 15.2 Å². The summed E-state index contributed by atoms with van der Waals surface area (Å²) in [5.41, 5.74) is 1.19. The molecule has 0 radical (unpaired) electrons. The van der Waals surface area contributed by atoms with Crippen LogP contribution in [0.3, 0.4) is 0 Å². The van der Waals surface area contributed by atoms with Crippen LogP contribution < -0.4 is 5.32 Å². The second kappa shape index (κ2) is 3.61. The number of rotatable bonds is 1. The first kappa shape index (κ1) is 9.36. The third-order valence-electron chi connectivity index (χ3n) is 3.38. The van der Waals surface area contributed by atoms with E-state index in [-0.39, 0.29) is 0 Å². The molecule has 1 N–H and O–H groups in total. The van der Waals surface area contributed by atoms with Gasteiger partial charge in [0.05, 0.1) is 11.7 Å². The molecule has 0 aromatic carbocycles. The van der Waals surface area contributed by atoms with Gasteiger partial charge in [-0.15, -0.1) is 0 Å². The Morgan fingerprint density at radius 3 is 3.00 bits per heavy atom. The van der Waals surface area contributed by atoms with Crippen LogP contribution in [0.2, 0.25) is 0 Å². The van der Waals surface area contributed by atoms with Crippen molar-refractivity contribution in [3.8, 4) is 0 Å². The molecule has 1 aromatic heterocycles. The highest BCUT2D eigenvalue weighted by molar-refractivity contribution is 5.20. The first-order chi connectivity index (χ1) is 7.34. The van der Waals surface area contributed by atoms with E-state index in [1.165, 1.54) is 12.1 Å². The molecule has 1 aliphatic carbocycles. The molecule has 82 valence electrons. The highest BCUT2D eigenvalue weighted by Gasteiger charge is 2.33. The number of hydrogen-bond acceptors (Lipinski definition) is 4. The molecule has 1 aromatic rings. The van der Waals surface area contributed by atoms with Crippen LogP contribution in [0.5, 0.6) is 0 Å². The zero-order valence-corrected chi connectivity index (χ0v) is 9.12. The minimum absolute atomic E-state index is 0.489. The molecule has 1 fully saturated rings. The van der Waals surface area contributed by atoms with Crippen molar-refractivity contribution in [3.63, 3.8) is 0 Å². The second-order valence-electron chi connectivity index (χ2n) is 4.38. The molecule has 0 spiro atoms. The Kier molecular flexibility index (Phi) is 2.25. The van der Waals surface area contributed by atoms with Crippen LogP contribution in [0.25, 0.3) is 0 Å². The minimum Gasteiger partial charge on any atom is -0.444 e. The molecule has 3 rings (SSSR count). The summed E-state index contributed by atoms with van der Waals surface area (Å²) in [7, 11) is 0. The second-order valence-corrected chi connectivity index (χ2v) is 4.38. The van der Waals surface area contributed by atoms with Crippen LogP contribution in [-0.4, -0.2) is 36.1 Å². The van der Waals surface area contributed by atoms with Gasteiger partial charge in [-0.3, -0.25) is 4.90 Å². The summed E-state index contributed by atoms with van der Waals surface area (Å²) in [6.07, 6.45) is 2.27. The number of fused-ring (bicyclic) bond motifs is 1. The van der Waals surface area contributed by atoms with E-state index in [1.807, 2.05) is 6.92 Å². The van der Waals surface area contributed by atoms with Gasteiger partial charge in [-0.25, -0.2) is 4.98 Å². The lowest BCUT2D eigenvalue weighted by Gasteiger charge is -2.31. The predicted molar refractivity (Wildman–Crippen MR) is 56.7 cm³/mol. The Bertz CT molecular complexity index is 355. The third kappa shape index (κ3) is 1.58. The van der Waals surface area contributed by atoms with Gasteiger partial charge < -0.3 is 9.73 Å². The average Bonchev–Trinajstić information content (AvgIpc) is 2.77. The molecule has 1 saturated heterocycles. The number of oxazole rings is 1. The lowest BCUT2D eigenvalue weighted by molar-refractivity contribution is 0.155. The van der Waals surface area contributed by atoms with Crippen molar-refractivity contribution in [2.75, 3.05) is 26.2 Å². The lowest BCUT2D eigenvalue weighted by atomic mass is 10.2. The highest BCUT2D eigenvalue weighted by Crippen LogP contribution is 2.35. The maximum absolute atomic E-state index is 5.72. The van der Waals surface area contributed by atoms with E-state index in [2.05, 4.69) is 15.2 Å². The fraction of sp³-hybridized carbons (Fsp3) is 0.727. The molecule has 2 aliphatic rings. The van der Waals surface area contributed by atoms with Crippen molar-refractivity contribution in [1.29, 1.82) is 0 Å². The van der Waals surface area contributed by atoms with Crippen molar-refractivity contribution in [2.45, 2.75) is 25.8 Å². The number of nitrogens with one attached hydrogen (secondary N) is 1. The van der Waals surface area contributed by atoms with Gasteiger partial charge >= 0.3 is 0 Å². The molecular formula is C11H17N3O. The largest absolute Gasteiger partial charge is 0.444 e. The summed E-state index contributed by atoms with van der Waals surface area (Å²) < 4.78 is 5.72. The van der Waals surface area contributed by atoms with Crippen molar-refractivity contribution in [3.05, 3.63) is 17.3 Å². The van der Waals surface area contributed by atoms with E-state index in [0.29, 0.717) is 6.04 Å². The molecule has 15 heavy (non-hydrogen) atoms. The van der Waals surface area contributed by atoms with E-state index in [4.69, 9.17) is 4.42 Å². The lowest BCUT2D eigenvalue weighted by Crippen LogP contribution is -2.44. The molecule has 2 heterocycles. The van der Waals surface area contributed by atoms with Crippen molar-refractivity contribution >= 4 is 0 Å². The van der Waals surface area contributed by atoms with Crippen LogP contribution in [0.15, 0.2) is 4.42 Å². The Hall–Kier alpha value is -0.870. The van der Waals surface area contributed by atoms with Gasteiger partial charge in [-0.1, -0.05) is 0 Å². The van der Waals surface area contributed by atoms with Gasteiger partial charge in [0.25, 0.3) is 0 Å². The van der Waals surface area contributed by atoms with Gasteiger partial charge in [0.1, 0.15) is 5.76 Å². The van der Waals surface area contributed by atoms with Gasteiger partial charge in [-0.2, -0.15) is 0 Å². The Labute approximate surface area is 89.7 Å². The zero-order valence-electron chi connectivity index (χ0n) is 9.12. The van der Waals surface area contributed by atoms with E-state index < -0.39 is 0 Å². The van der Waals surface area contributed by atoms with Crippen molar-refractivity contribution in [2.24, 2.45) is 0 Å². The maximum Gasteiger partial charge on any atom is 0.191 e. The summed E-state index contributed by atoms with van der Waals surface area (Å²) in [4.78, 5) is 6.95. The van der Waals surface area contributed by atoms with Crippen LogP contribution in [0.4, 0.5) is 0 Å². The Morgan fingerprint density at radius 1 is 1.40 bits per heavy atom. The monoisotopic (exact) mass is 207 g/mol. The molecule has 0 bridgehead atoms. The molecule has 1 atom stereocenters. The number of aromatic nitrogens is 1. The Balaban J connectivity index is 1.82. The first-order valence-corrected chi connectivity index (χ1v) is 5.75. The number of aryl methyl sites for hydroxylation is 2. The average molecular weight is 207 g/mol. The topological polar surface area (TPSA) is 41.3 Å². The normalized spacial score (nSPS) is 26.9. The standard InChI is InChI=1S/C11H17N3O/c1-8-13-9-2-3-10(11(9)15-8)14-6-4-12-5-7-14/h10,12H,2-7H2,1H3. The van der Waals surface area contributed by atoms with E-state index in [0.717, 1.165) is 44.3 Å². The predicted octanol–water partition coefficient (Wildman–Crippen LogP) is 0.876. The van der Waals surface area contributed by atoms with Gasteiger partial charge in [0.2, 0.25) is 0 Å². The molecule has 0 amide bonds. The first-order valence-electron chi connectivity index (χ1n) is 5.75. The smallest absolute Gasteiger partial charge is 0.191 e. The Morgan fingerprint density at radius 2 is 2.20 bits per heavy atom. The fourth-order valence-electron chi connectivity index (χ4n) is 2.67. The number of nitrogens with zero attached hydrogens (tertiary/aromatic N) is 2. The maximum atomic E-state index is 5.72. The van der Waals surface area contributed by atoms with E-state index in [9.17, 15) is 0 Å². The molecule has 1 unspecified atom stereocenters. The summed E-state index contributed by atoms with van der Waals surface area (Å²) in [5, 5.41) is 3.38. The molecular weight excluding hydrogens is 190 g/mol. The van der Waals surface area contributed by atoms with Crippen LogP contribution in [0, 0.1) is 6.92 Å².